The molecule has 2 aliphatic heterocycles. The van der Waals surface area contributed by atoms with Crippen LogP contribution in [0.2, 0.25) is 5.02 Å². The number of amides is 2. The molecule has 10 nitrogen and oxygen atoms in total. The lowest BCUT2D eigenvalue weighted by atomic mass is 9.94. The number of aromatic nitrogens is 4. The van der Waals surface area contributed by atoms with Gasteiger partial charge in [-0.3, -0.25) is 19.4 Å². The lowest BCUT2D eigenvalue weighted by molar-refractivity contribution is -0.117. The molecule has 0 aromatic carbocycles. The number of rotatable bonds is 5. The summed E-state index contributed by atoms with van der Waals surface area (Å²) in [5.74, 6) is 0.181. The number of hydrogen-bond donors (Lipinski definition) is 2. The zero-order valence-corrected chi connectivity index (χ0v) is 19.7. The zero-order valence-electron chi connectivity index (χ0n) is 18.9. The number of nitrogens with one attached hydrogen (secondary N) is 2. The van der Waals surface area contributed by atoms with Gasteiger partial charge >= 0.3 is 0 Å². The first kappa shape index (κ1) is 23.0. The van der Waals surface area contributed by atoms with Crippen LogP contribution in [0, 0.1) is 0 Å². The average Bonchev–Trinajstić information content (AvgIpc) is 3.31. The molecule has 5 heterocycles. The molecule has 0 aliphatic carbocycles. The van der Waals surface area contributed by atoms with E-state index >= 15 is 0 Å². The fraction of sp³-hybridized carbons (Fsp3) is 0.333. The van der Waals surface area contributed by atoms with Crippen molar-refractivity contribution >= 4 is 40.7 Å². The number of piperidine rings is 1. The minimum Gasteiger partial charge on any atom is -0.338 e. The first-order chi connectivity index (χ1) is 17.0. The standard InChI is InChI=1S/C24H24ClN7O3/c25-19-13-28-24(29-17-10-18(12-26-11-17)32-8-2-4-21(32)34)30-22(19)16-3-1-7-31(14-16)23(35)15-5-6-27-20(33)9-15/h5-6,9-13,16H,1-4,7-8,14H2,(H,27,33)(H,28,29,30). The van der Waals surface area contributed by atoms with Crippen molar-refractivity contribution in [2.24, 2.45) is 0 Å². The highest BCUT2D eigenvalue weighted by molar-refractivity contribution is 6.31. The third-order valence-electron chi connectivity index (χ3n) is 6.25. The van der Waals surface area contributed by atoms with Gasteiger partial charge in [-0.2, -0.15) is 0 Å². The molecular weight excluding hydrogens is 470 g/mol. The van der Waals surface area contributed by atoms with Crippen LogP contribution in [0.4, 0.5) is 17.3 Å². The Kier molecular flexibility index (Phi) is 6.45. The molecule has 35 heavy (non-hydrogen) atoms. The molecule has 2 fully saturated rings. The van der Waals surface area contributed by atoms with Gasteiger partial charge in [-0.1, -0.05) is 11.6 Å². The first-order valence-corrected chi connectivity index (χ1v) is 11.9. The second-order valence-electron chi connectivity index (χ2n) is 8.66. The van der Waals surface area contributed by atoms with Crippen LogP contribution in [0.3, 0.4) is 0 Å². The molecule has 2 amide bonds. The van der Waals surface area contributed by atoms with Crippen LogP contribution in [0.5, 0.6) is 0 Å². The van der Waals surface area contributed by atoms with Crippen molar-refractivity contribution in [3.63, 3.8) is 0 Å². The largest absolute Gasteiger partial charge is 0.338 e. The summed E-state index contributed by atoms with van der Waals surface area (Å²) >= 11 is 6.47. The van der Waals surface area contributed by atoms with Gasteiger partial charge in [-0.25, -0.2) is 9.97 Å². The van der Waals surface area contributed by atoms with Crippen molar-refractivity contribution in [3.05, 3.63) is 69.6 Å². The highest BCUT2D eigenvalue weighted by Gasteiger charge is 2.28. The predicted octanol–water partition coefficient (Wildman–Crippen LogP) is 3.10. The monoisotopic (exact) mass is 493 g/mol. The highest BCUT2D eigenvalue weighted by atomic mass is 35.5. The number of anilines is 3. The Balaban J connectivity index is 1.33. The van der Waals surface area contributed by atoms with Crippen molar-refractivity contribution < 1.29 is 9.59 Å². The summed E-state index contributed by atoms with van der Waals surface area (Å²) in [6, 6.07) is 4.75. The van der Waals surface area contributed by atoms with E-state index in [9.17, 15) is 14.4 Å². The third kappa shape index (κ3) is 5.02. The summed E-state index contributed by atoms with van der Waals surface area (Å²) in [4.78, 5) is 55.8. The Hall–Kier alpha value is -3.79. The van der Waals surface area contributed by atoms with Crippen molar-refractivity contribution in [2.45, 2.75) is 31.6 Å². The molecule has 180 valence electrons. The van der Waals surface area contributed by atoms with Gasteiger partial charge in [0.25, 0.3) is 5.91 Å². The number of carbonyl (C=O) groups excluding carboxylic acids is 2. The third-order valence-corrected chi connectivity index (χ3v) is 6.54. The summed E-state index contributed by atoms with van der Waals surface area (Å²) in [5.41, 5.74) is 2.09. The lowest BCUT2D eigenvalue weighted by Gasteiger charge is -2.33. The summed E-state index contributed by atoms with van der Waals surface area (Å²) < 4.78 is 0. The van der Waals surface area contributed by atoms with Crippen LogP contribution in [0.15, 0.2) is 47.8 Å². The van der Waals surface area contributed by atoms with Crippen molar-refractivity contribution in [1.82, 2.24) is 24.8 Å². The second-order valence-corrected chi connectivity index (χ2v) is 9.07. The molecule has 0 radical (unpaired) electrons. The molecule has 11 heteroatoms. The van der Waals surface area contributed by atoms with E-state index in [0.29, 0.717) is 54.0 Å². The van der Waals surface area contributed by atoms with E-state index in [1.165, 1.54) is 12.3 Å². The Morgan fingerprint density at radius 1 is 1.14 bits per heavy atom. The number of halogens is 1. The second kappa shape index (κ2) is 9.83. The fourth-order valence-corrected chi connectivity index (χ4v) is 4.81. The minimum absolute atomic E-state index is 0.0718. The molecule has 2 N–H and O–H groups in total. The summed E-state index contributed by atoms with van der Waals surface area (Å²) in [6.45, 7) is 1.72. The number of H-pyrrole nitrogens is 1. The van der Waals surface area contributed by atoms with E-state index in [0.717, 1.165) is 24.9 Å². The predicted molar refractivity (Wildman–Crippen MR) is 131 cm³/mol. The van der Waals surface area contributed by atoms with Gasteiger partial charge in [0.15, 0.2) is 0 Å². The van der Waals surface area contributed by atoms with Gasteiger partial charge in [-0.15, -0.1) is 0 Å². The summed E-state index contributed by atoms with van der Waals surface area (Å²) in [7, 11) is 0. The number of likely N-dealkylation sites (tertiary alicyclic amines) is 1. The average molecular weight is 494 g/mol. The molecule has 2 saturated heterocycles. The number of carbonyl (C=O) groups is 2. The molecule has 3 aromatic heterocycles. The van der Waals surface area contributed by atoms with Gasteiger partial charge < -0.3 is 20.1 Å². The Morgan fingerprint density at radius 3 is 2.83 bits per heavy atom. The van der Waals surface area contributed by atoms with Crippen molar-refractivity contribution in [1.29, 1.82) is 0 Å². The molecule has 1 unspecified atom stereocenters. The maximum Gasteiger partial charge on any atom is 0.254 e. The maximum atomic E-state index is 12.9. The minimum atomic E-state index is -0.313. The molecular formula is C24H24ClN7O3. The van der Waals surface area contributed by atoms with E-state index in [2.05, 4.69) is 25.3 Å². The van der Waals surface area contributed by atoms with Crippen LogP contribution >= 0.6 is 11.6 Å². The van der Waals surface area contributed by atoms with Gasteiger partial charge in [0.1, 0.15) is 0 Å². The first-order valence-electron chi connectivity index (χ1n) is 11.5. The number of hydrogen-bond acceptors (Lipinski definition) is 7. The summed E-state index contributed by atoms with van der Waals surface area (Å²) in [5, 5.41) is 3.59. The van der Waals surface area contributed by atoms with Crippen LogP contribution in [-0.4, -0.2) is 56.3 Å². The number of nitrogens with zero attached hydrogens (tertiary/aromatic N) is 5. The molecule has 0 bridgehead atoms. The Morgan fingerprint density at radius 2 is 2.03 bits per heavy atom. The van der Waals surface area contributed by atoms with E-state index < -0.39 is 0 Å². The lowest BCUT2D eigenvalue weighted by Crippen LogP contribution is -2.39. The smallest absolute Gasteiger partial charge is 0.254 e. The fourth-order valence-electron chi connectivity index (χ4n) is 4.57. The van der Waals surface area contributed by atoms with Gasteiger partial charge in [0, 0.05) is 49.8 Å². The van der Waals surface area contributed by atoms with E-state index in [4.69, 9.17) is 11.6 Å². The van der Waals surface area contributed by atoms with E-state index in [1.807, 2.05) is 6.07 Å². The van der Waals surface area contributed by atoms with Crippen LogP contribution in [-0.2, 0) is 4.79 Å². The number of aromatic amines is 1. The molecule has 5 rings (SSSR count). The molecule has 3 aromatic rings. The molecule has 1 atom stereocenters. The summed E-state index contributed by atoms with van der Waals surface area (Å²) in [6.07, 6.45) is 9.32. The van der Waals surface area contributed by atoms with Crippen LogP contribution in [0.25, 0.3) is 0 Å². The normalized spacial score (nSPS) is 18.1. The van der Waals surface area contributed by atoms with Crippen LogP contribution in [0.1, 0.15) is 47.7 Å². The Labute approximate surface area is 206 Å². The van der Waals surface area contributed by atoms with E-state index in [1.54, 1.807) is 34.5 Å². The van der Waals surface area contributed by atoms with Gasteiger partial charge in [0.05, 0.1) is 40.7 Å². The van der Waals surface area contributed by atoms with Gasteiger partial charge in [-0.05, 0) is 31.4 Å². The highest BCUT2D eigenvalue weighted by Crippen LogP contribution is 2.32. The molecule has 0 spiro atoms. The maximum absolute atomic E-state index is 12.9. The molecule has 0 saturated carbocycles. The number of pyridine rings is 2. The quantitative estimate of drug-likeness (QED) is 0.559. The zero-order chi connectivity index (χ0) is 24.4. The SMILES string of the molecule is O=C(c1cc[nH]c(=O)c1)N1CCCC(c2nc(Nc3cncc(N4CCCC4=O)c3)ncc2Cl)C1. The van der Waals surface area contributed by atoms with Crippen molar-refractivity contribution in [2.75, 3.05) is 29.9 Å². The Bertz CT molecular complexity index is 1330. The van der Waals surface area contributed by atoms with Gasteiger partial charge in [0.2, 0.25) is 17.4 Å². The van der Waals surface area contributed by atoms with Crippen LogP contribution < -0.4 is 15.8 Å². The van der Waals surface area contributed by atoms with E-state index in [-0.39, 0.29) is 23.3 Å². The topological polar surface area (TPSA) is 124 Å². The van der Waals surface area contributed by atoms with Crippen molar-refractivity contribution in [3.8, 4) is 0 Å². The molecule has 2 aliphatic rings.